The average molecular weight is 297 g/mol. The van der Waals surface area contributed by atoms with E-state index in [0.717, 1.165) is 11.1 Å². The smallest absolute Gasteiger partial charge is 0.335 e. The first-order chi connectivity index (χ1) is 9.22. The maximum absolute atomic E-state index is 12.0. The van der Waals surface area contributed by atoms with Crippen LogP contribution in [-0.4, -0.2) is 30.8 Å². The molecule has 0 aliphatic heterocycles. The molecule has 1 aliphatic rings. The van der Waals surface area contributed by atoms with Gasteiger partial charge in [-0.1, -0.05) is 13.0 Å². The molecular weight excluding hydrogens is 278 g/mol. The fraction of sp³-hybridized carbons (Fsp3) is 0.500. The standard InChI is InChI=1S/C14H19NO4S/c1-8(2)20(18,19)15-13-7-11-6-10(14(16)17)4-5-12(11)9(13)3/h4-6,8-9,13,15H,7H2,1-3H3,(H,16,17)/t9-,13?/m1/s1. The van der Waals surface area contributed by atoms with E-state index in [1.807, 2.05) is 6.92 Å². The summed E-state index contributed by atoms with van der Waals surface area (Å²) in [5, 5.41) is 8.52. The van der Waals surface area contributed by atoms with E-state index in [0.29, 0.717) is 6.42 Å². The second kappa shape index (κ2) is 5.18. The molecule has 0 heterocycles. The molecule has 110 valence electrons. The minimum atomic E-state index is -3.33. The van der Waals surface area contributed by atoms with Crippen molar-refractivity contribution in [1.82, 2.24) is 4.72 Å². The van der Waals surface area contributed by atoms with Crippen molar-refractivity contribution in [2.75, 3.05) is 0 Å². The molecule has 20 heavy (non-hydrogen) atoms. The van der Waals surface area contributed by atoms with Crippen molar-refractivity contribution >= 4 is 16.0 Å². The van der Waals surface area contributed by atoms with Crippen LogP contribution in [0.25, 0.3) is 0 Å². The van der Waals surface area contributed by atoms with Gasteiger partial charge in [0.1, 0.15) is 0 Å². The quantitative estimate of drug-likeness (QED) is 0.886. The van der Waals surface area contributed by atoms with Gasteiger partial charge in [0.2, 0.25) is 10.0 Å². The summed E-state index contributed by atoms with van der Waals surface area (Å²) in [6.07, 6.45) is 0.531. The lowest BCUT2D eigenvalue weighted by Crippen LogP contribution is -2.40. The average Bonchev–Trinajstić information content (AvgIpc) is 2.65. The normalized spacial score (nSPS) is 22.0. The molecule has 0 bridgehead atoms. The van der Waals surface area contributed by atoms with Crippen molar-refractivity contribution in [2.45, 2.75) is 44.4 Å². The van der Waals surface area contributed by atoms with Gasteiger partial charge in [0.25, 0.3) is 0 Å². The van der Waals surface area contributed by atoms with E-state index in [9.17, 15) is 13.2 Å². The minimum absolute atomic E-state index is 0.0429. The first-order valence-corrected chi connectivity index (χ1v) is 8.14. The van der Waals surface area contributed by atoms with E-state index < -0.39 is 21.2 Å². The van der Waals surface area contributed by atoms with Gasteiger partial charge in [-0.05, 0) is 49.4 Å². The zero-order chi connectivity index (χ0) is 15.1. The fourth-order valence-electron chi connectivity index (χ4n) is 2.48. The third-order valence-corrected chi connectivity index (χ3v) is 5.73. The molecule has 5 nitrogen and oxygen atoms in total. The van der Waals surface area contributed by atoms with Crippen LogP contribution in [-0.2, 0) is 16.4 Å². The number of rotatable bonds is 4. The molecule has 0 fully saturated rings. The highest BCUT2D eigenvalue weighted by atomic mass is 32.2. The Morgan fingerprint density at radius 3 is 2.60 bits per heavy atom. The molecular formula is C14H19NO4S. The lowest BCUT2D eigenvalue weighted by Gasteiger charge is -2.19. The van der Waals surface area contributed by atoms with Crippen LogP contribution >= 0.6 is 0 Å². The lowest BCUT2D eigenvalue weighted by atomic mass is 10.0. The number of nitrogens with one attached hydrogen (secondary N) is 1. The Kier molecular flexibility index (Phi) is 3.88. The highest BCUT2D eigenvalue weighted by Crippen LogP contribution is 2.34. The number of carboxylic acids is 1. The van der Waals surface area contributed by atoms with Crippen LogP contribution in [0.15, 0.2) is 18.2 Å². The van der Waals surface area contributed by atoms with Gasteiger partial charge in [-0.3, -0.25) is 0 Å². The highest BCUT2D eigenvalue weighted by molar-refractivity contribution is 7.90. The van der Waals surface area contributed by atoms with E-state index in [-0.39, 0.29) is 17.5 Å². The molecule has 0 radical (unpaired) electrons. The number of carboxylic acid groups (broad SMARTS) is 1. The molecule has 1 aromatic rings. The van der Waals surface area contributed by atoms with E-state index in [4.69, 9.17) is 5.11 Å². The van der Waals surface area contributed by atoms with Gasteiger partial charge in [0.15, 0.2) is 0 Å². The summed E-state index contributed by atoms with van der Waals surface area (Å²) in [7, 11) is -3.33. The molecule has 0 aromatic heterocycles. The van der Waals surface area contributed by atoms with Gasteiger partial charge in [-0.2, -0.15) is 0 Å². The van der Waals surface area contributed by atoms with Gasteiger partial charge >= 0.3 is 5.97 Å². The van der Waals surface area contributed by atoms with Crippen molar-refractivity contribution in [3.05, 3.63) is 34.9 Å². The summed E-state index contributed by atoms with van der Waals surface area (Å²) in [4.78, 5) is 11.0. The van der Waals surface area contributed by atoms with Gasteiger partial charge < -0.3 is 5.11 Å². The fourth-order valence-corrected chi connectivity index (χ4v) is 3.46. The Balaban J connectivity index is 2.25. The number of hydrogen-bond donors (Lipinski definition) is 2. The number of fused-ring (bicyclic) bond motifs is 1. The van der Waals surface area contributed by atoms with Crippen LogP contribution < -0.4 is 4.72 Å². The number of carbonyl (C=O) groups is 1. The first-order valence-electron chi connectivity index (χ1n) is 6.59. The van der Waals surface area contributed by atoms with Gasteiger partial charge in [-0.15, -0.1) is 0 Å². The molecule has 0 spiro atoms. The Morgan fingerprint density at radius 2 is 2.05 bits per heavy atom. The second-order valence-corrected chi connectivity index (χ2v) is 7.80. The summed E-state index contributed by atoms with van der Waals surface area (Å²) >= 11 is 0. The van der Waals surface area contributed by atoms with Crippen molar-refractivity contribution in [1.29, 1.82) is 0 Å². The number of sulfonamides is 1. The van der Waals surface area contributed by atoms with E-state index >= 15 is 0 Å². The predicted molar refractivity (Wildman–Crippen MR) is 76.5 cm³/mol. The minimum Gasteiger partial charge on any atom is -0.478 e. The third kappa shape index (κ3) is 2.71. The first kappa shape index (κ1) is 15.0. The zero-order valence-electron chi connectivity index (χ0n) is 11.8. The number of benzene rings is 1. The molecule has 2 N–H and O–H groups in total. The monoisotopic (exact) mass is 297 g/mol. The molecule has 2 atom stereocenters. The highest BCUT2D eigenvalue weighted by Gasteiger charge is 2.33. The maximum Gasteiger partial charge on any atom is 0.335 e. The number of hydrogen-bond acceptors (Lipinski definition) is 3. The second-order valence-electron chi connectivity index (χ2n) is 5.53. The zero-order valence-corrected chi connectivity index (χ0v) is 12.6. The van der Waals surface area contributed by atoms with Crippen molar-refractivity contribution in [2.24, 2.45) is 0 Å². The topological polar surface area (TPSA) is 83.5 Å². The molecule has 2 rings (SSSR count). The van der Waals surface area contributed by atoms with E-state index in [2.05, 4.69) is 4.72 Å². The van der Waals surface area contributed by atoms with Crippen LogP contribution in [0.1, 0.15) is 48.2 Å². The van der Waals surface area contributed by atoms with E-state index in [1.54, 1.807) is 32.0 Å². The summed E-state index contributed by atoms with van der Waals surface area (Å²) in [6, 6.07) is 4.78. The third-order valence-electron chi connectivity index (χ3n) is 3.86. The van der Waals surface area contributed by atoms with Crippen molar-refractivity contribution < 1.29 is 18.3 Å². The van der Waals surface area contributed by atoms with Crippen LogP contribution in [0, 0.1) is 0 Å². The summed E-state index contributed by atoms with van der Waals surface area (Å²) in [5.41, 5.74) is 2.17. The molecule has 1 aliphatic carbocycles. The Bertz CT molecular complexity index is 637. The van der Waals surface area contributed by atoms with Crippen molar-refractivity contribution in [3.63, 3.8) is 0 Å². The molecule has 0 saturated carbocycles. The summed E-state index contributed by atoms with van der Waals surface area (Å²) in [5.74, 6) is -0.923. The summed E-state index contributed by atoms with van der Waals surface area (Å²) < 4.78 is 26.6. The molecule has 1 unspecified atom stereocenters. The van der Waals surface area contributed by atoms with Crippen LogP contribution in [0.4, 0.5) is 0 Å². The molecule has 0 amide bonds. The summed E-state index contributed by atoms with van der Waals surface area (Å²) in [6.45, 7) is 5.23. The molecule has 6 heteroatoms. The number of aromatic carboxylic acids is 1. The predicted octanol–water partition coefficient (Wildman–Crippen LogP) is 1.74. The van der Waals surface area contributed by atoms with Crippen LogP contribution in [0.2, 0.25) is 0 Å². The maximum atomic E-state index is 12.0. The SMILES string of the molecule is CC(C)S(=O)(=O)NC1Cc2cc(C(=O)O)ccc2[C@H]1C. The van der Waals surface area contributed by atoms with Gasteiger partial charge in [0.05, 0.1) is 10.8 Å². The molecule has 1 aromatic carbocycles. The van der Waals surface area contributed by atoms with Crippen LogP contribution in [0.5, 0.6) is 0 Å². The van der Waals surface area contributed by atoms with Gasteiger partial charge in [0, 0.05) is 6.04 Å². The largest absolute Gasteiger partial charge is 0.478 e. The van der Waals surface area contributed by atoms with Gasteiger partial charge in [-0.25, -0.2) is 17.9 Å². The Hall–Kier alpha value is -1.40. The van der Waals surface area contributed by atoms with Crippen LogP contribution in [0.3, 0.4) is 0 Å². The van der Waals surface area contributed by atoms with E-state index in [1.165, 1.54) is 0 Å². The Morgan fingerprint density at radius 1 is 1.40 bits per heavy atom. The Labute approximate surface area is 119 Å². The van der Waals surface area contributed by atoms with Crippen molar-refractivity contribution in [3.8, 4) is 0 Å². The molecule has 0 saturated heterocycles. The lowest BCUT2D eigenvalue weighted by molar-refractivity contribution is 0.0696.